The van der Waals surface area contributed by atoms with Gasteiger partial charge in [-0.3, -0.25) is 0 Å². The quantitative estimate of drug-likeness (QED) is 0.868. The second kappa shape index (κ2) is 4.26. The third-order valence-electron chi connectivity index (χ3n) is 4.06. The van der Waals surface area contributed by atoms with E-state index in [0.717, 1.165) is 18.9 Å². The average molecular weight is 309 g/mol. The number of aliphatic hydroxyl groups is 1. The highest BCUT2D eigenvalue weighted by atomic mass is 35.5. The summed E-state index contributed by atoms with van der Waals surface area (Å²) in [4.78, 5) is 0. The van der Waals surface area contributed by atoms with E-state index in [1.807, 2.05) is 0 Å². The molecule has 0 amide bonds. The number of epoxide rings is 1. The van der Waals surface area contributed by atoms with Crippen LogP contribution in [-0.2, 0) is 10.3 Å². The van der Waals surface area contributed by atoms with E-state index >= 15 is 0 Å². The molecular formula is C13H12ClF3O3. The van der Waals surface area contributed by atoms with Gasteiger partial charge in [-0.2, -0.15) is 0 Å². The van der Waals surface area contributed by atoms with Gasteiger partial charge < -0.3 is 14.6 Å². The monoisotopic (exact) mass is 308 g/mol. The van der Waals surface area contributed by atoms with E-state index in [1.54, 1.807) is 0 Å². The molecule has 1 saturated carbocycles. The second-order valence-corrected chi connectivity index (χ2v) is 5.65. The lowest BCUT2D eigenvalue weighted by Gasteiger charge is -2.23. The van der Waals surface area contributed by atoms with Crippen molar-refractivity contribution in [2.24, 2.45) is 5.41 Å². The van der Waals surface area contributed by atoms with Gasteiger partial charge in [-0.1, -0.05) is 17.7 Å². The summed E-state index contributed by atoms with van der Waals surface area (Å²) in [7, 11) is 0. The van der Waals surface area contributed by atoms with Crippen LogP contribution in [-0.4, -0.2) is 24.7 Å². The third kappa shape index (κ3) is 2.16. The van der Waals surface area contributed by atoms with E-state index in [9.17, 15) is 18.3 Å². The number of benzene rings is 1. The molecule has 1 unspecified atom stereocenters. The van der Waals surface area contributed by atoms with E-state index in [1.165, 1.54) is 12.1 Å². The maximum atomic E-state index is 12.2. The minimum absolute atomic E-state index is 0.0237. The minimum Gasteiger partial charge on any atom is -0.406 e. The van der Waals surface area contributed by atoms with Crippen LogP contribution in [0.3, 0.4) is 0 Å². The van der Waals surface area contributed by atoms with Crippen LogP contribution in [0.15, 0.2) is 18.2 Å². The molecule has 1 saturated heterocycles. The molecule has 0 bridgehead atoms. The molecule has 0 radical (unpaired) electrons. The number of halogens is 4. The van der Waals surface area contributed by atoms with Crippen LogP contribution >= 0.6 is 11.6 Å². The highest BCUT2D eigenvalue weighted by Gasteiger charge is 2.68. The summed E-state index contributed by atoms with van der Waals surface area (Å²) in [6, 6.07) is 3.82. The molecular weight excluding hydrogens is 297 g/mol. The van der Waals surface area contributed by atoms with E-state index in [4.69, 9.17) is 16.3 Å². The Morgan fingerprint density at radius 1 is 1.35 bits per heavy atom. The average Bonchev–Trinajstić information content (AvgIpc) is 3.21. The van der Waals surface area contributed by atoms with Crippen LogP contribution in [0.25, 0.3) is 0 Å². The molecule has 1 heterocycles. The summed E-state index contributed by atoms with van der Waals surface area (Å²) >= 11 is 6.06. The van der Waals surface area contributed by atoms with Crippen molar-refractivity contribution in [1.82, 2.24) is 0 Å². The summed E-state index contributed by atoms with van der Waals surface area (Å²) < 4.78 is 45.8. The maximum Gasteiger partial charge on any atom is 0.573 e. The molecule has 3 rings (SSSR count). The van der Waals surface area contributed by atoms with Crippen LogP contribution in [0, 0.1) is 5.41 Å². The highest BCUT2D eigenvalue weighted by molar-refractivity contribution is 6.31. The predicted octanol–water partition coefficient (Wildman–Crippen LogP) is 3.24. The number of aliphatic hydroxyl groups excluding tert-OH is 1. The van der Waals surface area contributed by atoms with E-state index in [2.05, 4.69) is 4.74 Å². The van der Waals surface area contributed by atoms with Gasteiger partial charge in [0, 0.05) is 11.0 Å². The Morgan fingerprint density at radius 3 is 2.40 bits per heavy atom. The van der Waals surface area contributed by atoms with Gasteiger partial charge in [-0.15, -0.1) is 13.2 Å². The van der Waals surface area contributed by atoms with E-state index in [0.29, 0.717) is 12.2 Å². The number of hydrogen-bond acceptors (Lipinski definition) is 3. The standard InChI is InChI=1S/C13H12ClF3O3/c14-10-5-8(20-13(15,16)17)1-2-9(10)12(7-19-12)11(6-18)3-4-11/h1-2,5,18H,3-4,6-7H2. The van der Waals surface area contributed by atoms with Crippen molar-refractivity contribution in [2.45, 2.75) is 24.8 Å². The highest BCUT2D eigenvalue weighted by Crippen LogP contribution is 2.66. The normalized spacial score (nSPS) is 27.2. The Kier molecular flexibility index (Phi) is 2.97. The lowest BCUT2D eigenvalue weighted by molar-refractivity contribution is -0.274. The van der Waals surface area contributed by atoms with Crippen LogP contribution in [0.2, 0.25) is 5.02 Å². The van der Waals surface area contributed by atoms with Crippen molar-refractivity contribution in [3.05, 3.63) is 28.8 Å². The fourth-order valence-corrected chi connectivity index (χ4v) is 3.00. The molecule has 2 fully saturated rings. The van der Waals surface area contributed by atoms with Gasteiger partial charge >= 0.3 is 6.36 Å². The number of rotatable bonds is 4. The maximum absolute atomic E-state index is 12.2. The first-order chi connectivity index (χ1) is 9.32. The Labute approximate surface area is 118 Å². The molecule has 1 aromatic carbocycles. The number of hydrogen-bond donors (Lipinski definition) is 1. The van der Waals surface area contributed by atoms with Crippen molar-refractivity contribution in [3.8, 4) is 5.75 Å². The van der Waals surface area contributed by atoms with Crippen LogP contribution in [0.1, 0.15) is 18.4 Å². The van der Waals surface area contributed by atoms with Crippen LogP contribution < -0.4 is 4.74 Å². The van der Waals surface area contributed by atoms with Gasteiger partial charge in [0.25, 0.3) is 0 Å². The Bertz CT molecular complexity index is 536. The Balaban J connectivity index is 1.89. The van der Waals surface area contributed by atoms with Gasteiger partial charge in [0.15, 0.2) is 0 Å². The molecule has 1 aliphatic heterocycles. The van der Waals surface area contributed by atoms with Crippen LogP contribution in [0.5, 0.6) is 5.75 Å². The topological polar surface area (TPSA) is 42.0 Å². The molecule has 1 aliphatic carbocycles. The summed E-state index contributed by atoms with van der Waals surface area (Å²) in [6.07, 6.45) is -3.11. The zero-order chi connectivity index (χ0) is 14.6. The molecule has 0 aromatic heterocycles. The summed E-state index contributed by atoms with van der Waals surface area (Å²) in [5.41, 5.74) is -0.390. The largest absolute Gasteiger partial charge is 0.573 e. The molecule has 7 heteroatoms. The third-order valence-corrected chi connectivity index (χ3v) is 4.37. The lowest BCUT2D eigenvalue weighted by atomic mass is 9.84. The van der Waals surface area contributed by atoms with Crippen LogP contribution in [0.4, 0.5) is 13.2 Å². The van der Waals surface area contributed by atoms with E-state index < -0.39 is 12.0 Å². The first kappa shape index (κ1) is 14.0. The Hall–Kier alpha value is -0.980. The second-order valence-electron chi connectivity index (χ2n) is 5.24. The predicted molar refractivity (Wildman–Crippen MR) is 64.5 cm³/mol. The molecule has 1 aromatic rings. The van der Waals surface area contributed by atoms with E-state index in [-0.39, 0.29) is 22.8 Å². The fourth-order valence-electron chi connectivity index (χ4n) is 2.68. The Morgan fingerprint density at radius 2 is 2.00 bits per heavy atom. The molecule has 1 atom stereocenters. The van der Waals surface area contributed by atoms with Crippen molar-refractivity contribution in [3.63, 3.8) is 0 Å². The molecule has 110 valence electrons. The van der Waals surface area contributed by atoms with Gasteiger partial charge in [0.05, 0.1) is 18.2 Å². The number of alkyl halides is 3. The molecule has 0 spiro atoms. The van der Waals surface area contributed by atoms with Gasteiger partial charge in [0.2, 0.25) is 0 Å². The first-order valence-electron chi connectivity index (χ1n) is 6.13. The zero-order valence-electron chi connectivity index (χ0n) is 10.3. The molecule has 3 nitrogen and oxygen atoms in total. The van der Waals surface area contributed by atoms with Crippen molar-refractivity contribution in [1.29, 1.82) is 0 Å². The number of ether oxygens (including phenoxy) is 2. The molecule has 1 N–H and O–H groups in total. The van der Waals surface area contributed by atoms with Gasteiger partial charge in [0.1, 0.15) is 11.4 Å². The van der Waals surface area contributed by atoms with Crippen molar-refractivity contribution >= 4 is 11.6 Å². The summed E-state index contributed by atoms with van der Waals surface area (Å²) in [5, 5.41) is 9.65. The molecule has 20 heavy (non-hydrogen) atoms. The summed E-state index contributed by atoms with van der Waals surface area (Å²) in [5.74, 6) is -0.365. The van der Waals surface area contributed by atoms with Gasteiger partial charge in [-0.25, -0.2) is 0 Å². The van der Waals surface area contributed by atoms with Crippen molar-refractivity contribution < 1.29 is 27.8 Å². The minimum atomic E-state index is -4.75. The zero-order valence-corrected chi connectivity index (χ0v) is 11.1. The summed E-state index contributed by atoms with van der Waals surface area (Å²) in [6.45, 7) is 0.400. The first-order valence-corrected chi connectivity index (χ1v) is 6.50. The molecule has 2 aliphatic rings. The smallest absolute Gasteiger partial charge is 0.406 e. The lowest BCUT2D eigenvalue weighted by Crippen LogP contribution is -2.27. The fraction of sp³-hybridized carbons (Fsp3) is 0.538. The van der Waals surface area contributed by atoms with Crippen molar-refractivity contribution in [2.75, 3.05) is 13.2 Å². The van der Waals surface area contributed by atoms with Gasteiger partial charge in [-0.05, 0) is 25.0 Å². The SMILES string of the molecule is OCC1(C2(c3ccc(OC(F)(F)F)cc3Cl)CO2)CC1.